The van der Waals surface area contributed by atoms with Crippen LogP contribution >= 0.6 is 0 Å². The third-order valence-corrected chi connectivity index (χ3v) is 2.50. The van der Waals surface area contributed by atoms with Gasteiger partial charge in [0.2, 0.25) is 0 Å². The standard InChI is InChI=1S/C14H22N2O2/c1-14(2,3)8-12(17)9-16-13(18)10-5-4-6-11(15)7-10/h4-7,12,17H,8-9,15H2,1-3H3,(H,16,18). The van der Waals surface area contributed by atoms with Gasteiger partial charge in [0.25, 0.3) is 5.91 Å². The lowest BCUT2D eigenvalue weighted by molar-refractivity contribution is 0.0868. The second-order valence-electron chi connectivity index (χ2n) is 5.75. The molecule has 0 heterocycles. The maximum atomic E-state index is 11.8. The number of amides is 1. The molecule has 0 fully saturated rings. The molecule has 4 nitrogen and oxygen atoms in total. The summed E-state index contributed by atoms with van der Waals surface area (Å²) in [7, 11) is 0. The molecule has 0 aromatic heterocycles. The van der Waals surface area contributed by atoms with E-state index in [4.69, 9.17) is 5.73 Å². The minimum absolute atomic E-state index is 0.0430. The summed E-state index contributed by atoms with van der Waals surface area (Å²) in [5, 5.41) is 12.5. The van der Waals surface area contributed by atoms with E-state index in [0.29, 0.717) is 17.7 Å². The zero-order valence-corrected chi connectivity index (χ0v) is 11.2. The fourth-order valence-corrected chi connectivity index (χ4v) is 1.77. The molecular formula is C14H22N2O2. The first kappa shape index (κ1) is 14.5. The van der Waals surface area contributed by atoms with Crippen LogP contribution < -0.4 is 11.1 Å². The summed E-state index contributed by atoms with van der Waals surface area (Å²) in [5.41, 5.74) is 6.71. The van der Waals surface area contributed by atoms with Crippen molar-refractivity contribution in [3.63, 3.8) is 0 Å². The molecule has 1 aromatic rings. The molecule has 1 unspecified atom stereocenters. The number of aliphatic hydroxyl groups is 1. The highest BCUT2D eigenvalue weighted by Crippen LogP contribution is 2.20. The van der Waals surface area contributed by atoms with Gasteiger partial charge < -0.3 is 16.2 Å². The quantitative estimate of drug-likeness (QED) is 0.713. The zero-order valence-electron chi connectivity index (χ0n) is 11.2. The smallest absolute Gasteiger partial charge is 0.251 e. The van der Waals surface area contributed by atoms with Gasteiger partial charge in [-0.15, -0.1) is 0 Å². The molecule has 1 rings (SSSR count). The van der Waals surface area contributed by atoms with Gasteiger partial charge in [0.05, 0.1) is 6.10 Å². The second-order valence-corrected chi connectivity index (χ2v) is 5.75. The van der Waals surface area contributed by atoms with Gasteiger partial charge in [0, 0.05) is 17.8 Å². The van der Waals surface area contributed by atoms with Crippen molar-refractivity contribution in [1.82, 2.24) is 5.32 Å². The molecule has 1 aromatic carbocycles. The fourth-order valence-electron chi connectivity index (χ4n) is 1.77. The average molecular weight is 250 g/mol. The number of hydrogen-bond acceptors (Lipinski definition) is 3. The zero-order chi connectivity index (χ0) is 13.8. The number of nitrogens with two attached hydrogens (primary N) is 1. The van der Waals surface area contributed by atoms with Gasteiger partial charge in [-0.05, 0) is 30.0 Å². The lowest BCUT2D eigenvalue weighted by Gasteiger charge is -2.22. The third kappa shape index (κ3) is 5.19. The predicted octanol–water partition coefficient (Wildman–Crippen LogP) is 1.80. The van der Waals surface area contributed by atoms with Crippen LogP contribution in [0.2, 0.25) is 0 Å². The van der Waals surface area contributed by atoms with E-state index in [-0.39, 0.29) is 17.9 Å². The molecule has 4 N–H and O–H groups in total. The molecule has 0 saturated heterocycles. The van der Waals surface area contributed by atoms with Crippen molar-refractivity contribution in [1.29, 1.82) is 0 Å². The highest BCUT2D eigenvalue weighted by atomic mass is 16.3. The molecule has 0 spiro atoms. The van der Waals surface area contributed by atoms with Crippen molar-refractivity contribution < 1.29 is 9.90 Å². The normalized spacial score (nSPS) is 13.1. The average Bonchev–Trinajstić information content (AvgIpc) is 2.23. The van der Waals surface area contributed by atoms with E-state index in [1.54, 1.807) is 24.3 Å². The Morgan fingerprint density at radius 2 is 2.11 bits per heavy atom. The second kappa shape index (κ2) is 5.87. The highest BCUT2D eigenvalue weighted by Gasteiger charge is 2.17. The number of nitrogens with one attached hydrogen (secondary N) is 1. The molecule has 0 aliphatic carbocycles. The Kier molecular flexibility index (Phi) is 4.73. The summed E-state index contributed by atoms with van der Waals surface area (Å²) in [6.45, 7) is 6.41. The van der Waals surface area contributed by atoms with Crippen LogP contribution in [0, 0.1) is 5.41 Å². The Balaban J connectivity index is 2.47. The Morgan fingerprint density at radius 3 is 2.67 bits per heavy atom. The van der Waals surface area contributed by atoms with Gasteiger partial charge in [-0.2, -0.15) is 0 Å². The van der Waals surface area contributed by atoms with E-state index in [1.165, 1.54) is 0 Å². The predicted molar refractivity (Wildman–Crippen MR) is 73.3 cm³/mol. The molecule has 0 bridgehead atoms. The van der Waals surface area contributed by atoms with Gasteiger partial charge in [-0.3, -0.25) is 4.79 Å². The first-order valence-electron chi connectivity index (χ1n) is 6.10. The fraction of sp³-hybridized carbons (Fsp3) is 0.500. The van der Waals surface area contributed by atoms with Crippen LogP contribution in [0.15, 0.2) is 24.3 Å². The number of carbonyl (C=O) groups is 1. The van der Waals surface area contributed by atoms with Crippen molar-refractivity contribution in [3.8, 4) is 0 Å². The number of hydrogen-bond donors (Lipinski definition) is 3. The molecule has 100 valence electrons. The van der Waals surface area contributed by atoms with E-state index >= 15 is 0 Å². The number of benzene rings is 1. The minimum Gasteiger partial charge on any atom is -0.399 e. The highest BCUT2D eigenvalue weighted by molar-refractivity contribution is 5.94. The molecule has 0 aliphatic rings. The Hall–Kier alpha value is -1.55. The van der Waals surface area contributed by atoms with Gasteiger partial charge in [0.1, 0.15) is 0 Å². The van der Waals surface area contributed by atoms with Crippen molar-refractivity contribution in [2.24, 2.45) is 5.41 Å². The molecule has 4 heteroatoms. The summed E-state index contributed by atoms with van der Waals surface area (Å²) in [4.78, 5) is 11.8. The van der Waals surface area contributed by atoms with Crippen LogP contribution in [-0.4, -0.2) is 23.7 Å². The Morgan fingerprint density at radius 1 is 1.44 bits per heavy atom. The first-order chi connectivity index (χ1) is 8.28. The minimum atomic E-state index is -0.532. The van der Waals surface area contributed by atoms with Crippen molar-refractivity contribution >= 4 is 11.6 Å². The molecule has 1 amide bonds. The number of aliphatic hydroxyl groups excluding tert-OH is 1. The topological polar surface area (TPSA) is 75.3 Å². The van der Waals surface area contributed by atoms with Crippen LogP contribution in [0.25, 0.3) is 0 Å². The lowest BCUT2D eigenvalue weighted by atomic mass is 9.89. The number of carbonyl (C=O) groups excluding carboxylic acids is 1. The van der Waals surface area contributed by atoms with Crippen molar-refractivity contribution in [3.05, 3.63) is 29.8 Å². The number of anilines is 1. The summed E-state index contributed by atoms with van der Waals surface area (Å²) >= 11 is 0. The van der Waals surface area contributed by atoms with Gasteiger partial charge in [-0.1, -0.05) is 26.8 Å². The largest absolute Gasteiger partial charge is 0.399 e. The number of nitrogen functional groups attached to an aromatic ring is 1. The van der Waals surface area contributed by atoms with Crippen LogP contribution in [0.4, 0.5) is 5.69 Å². The lowest BCUT2D eigenvalue weighted by Crippen LogP contribution is -2.34. The summed E-state index contributed by atoms with van der Waals surface area (Å²) in [6, 6.07) is 6.77. The SMILES string of the molecule is CC(C)(C)CC(O)CNC(=O)c1cccc(N)c1. The molecular weight excluding hydrogens is 228 g/mol. The van der Waals surface area contributed by atoms with Crippen LogP contribution in [0.3, 0.4) is 0 Å². The summed E-state index contributed by atoms with van der Waals surface area (Å²) in [6.07, 6.45) is 0.111. The molecule has 18 heavy (non-hydrogen) atoms. The number of rotatable bonds is 4. The van der Waals surface area contributed by atoms with Gasteiger partial charge >= 0.3 is 0 Å². The van der Waals surface area contributed by atoms with Gasteiger partial charge in [0.15, 0.2) is 0 Å². The third-order valence-electron chi connectivity index (χ3n) is 2.50. The van der Waals surface area contributed by atoms with Crippen molar-refractivity contribution in [2.45, 2.75) is 33.3 Å². The van der Waals surface area contributed by atoms with Crippen LogP contribution in [-0.2, 0) is 0 Å². The van der Waals surface area contributed by atoms with E-state index < -0.39 is 6.10 Å². The maximum Gasteiger partial charge on any atom is 0.251 e. The van der Waals surface area contributed by atoms with E-state index in [0.717, 1.165) is 0 Å². The molecule has 0 saturated carbocycles. The molecule has 0 radical (unpaired) electrons. The molecule has 0 aliphatic heterocycles. The van der Waals surface area contributed by atoms with Crippen LogP contribution in [0.1, 0.15) is 37.6 Å². The molecule has 1 atom stereocenters. The summed E-state index contributed by atoms with van der Waals surface area (Å²) < 4.78 is 0. The maximum absolute atomic E-state index is 11.8. The Labute approximate surface area is 108 Å². The van der Waals surface area contributed by atoms with Crippen molar-refractivity contribution in [2.75, 3.05) is 12.3 Å². The van der Waals surface area contributed by atoms with E-state index in [1.807, 2.05) is 0 Å². The van der Waals surface area contributed by atoms with Crippen LogP contribution in [0.5, 0.6) is 0 Å². The Bertz CT molecular complexity index is 411. The monoisotopic (exact) mass is 250 g/mol. The summed E-state index contributed by atoms with van der Waals surface area (Å²) in [5.74, 6) is -0.213. The first-order valence-corrected chi connectivity index (χ1v) is 6.10. The van der Waals surface area contributed by atoms with E-state index in [9.17, 15) is 9.90 Å². The van der Waals surface area contributed by atoms with Gasteiger partial charge in [-0.25, -0.2) is 0 Å². The van der Waals surface area contributed by atoms with E-state index in [2.05, 4.69) is 26.1 Å².